The van der Waals surface area contributed by atoms with E-state index in [1.54, 1.807) is 0 Å². The number of primary amides is 1. The summed E-state index contributed by atoms with van der Waals surface area (Å²) in [5.74, 6) is -0.364. The first-order valence-corrected chi connectivity index (χ1v) is 9.70. The first-order valence-electron chi connectivity index (χ1n) is 5.38. The van der Waals surface area contributed by atoms with E-state index in [0.717, 1.165) is 22.0 Å². The van der Waals surface area contributed by atoms with Crippen molar-refractivity contribution in [1.29, 1.82) is 0 Å². The maximum absolute atomic E-state index is 11.4. The van der Waals surface area contributed by atoms with Gasteiger partial charge in [-0.3, -0.25) is 4.79 Å². The van der Waals surface area contributed by atoms with Gasteiger partial charge in [-0.05, 0) is 17.2 Å². The largest absolute Gasteiger partial charge is 0.391 e. The minimum atomic E-state index is -1.60. The van der Waals surface area contributed by atoms with E-state index in [9.17, 15) is 9.90 Å². The lowest BCUT2D eigenvalue weighted by Gasteiger charge is -2.19. The molecular formula is C11H19NO2SSi. The van der Waals surface area contributed by atoms with E-state index in [4.69, 9.17) is 5.73 Å². The molecule has 1 aromatic rings. The number of amides is 1. The van der Waals surface area contributed by atoms with Crippen LogP contribution in [0.5, 0.6) is 0 Å². The molecule has 5 heteroatoms. The summed E-state index contributed by atoms with van der Waals surface area (Å²) in [6.45, 7) is 8.64. The molecular weight excluding hydrogens is 238 g/mol. The maximum Gasteiger partial charge on any atom is 0.258 e. The fourth-order valence-corrected chi connectivity index (χ4v) is 6.19. The molecule has 0 aliphatic heterocycles. The lowest BCUT2D eigenvalue weighted by Crippen LogP contribution is -2.43. The summed E-state index contributed by atoms with van der Waals surface area (Å²) >= 11 is 1.36. The Bertz CT molecular complexity index is 407. The number of nitrogens with two attached hydrogens (primary N) is 1. The molecule has 3 N–H and O–H groups in total. The molecule has 16 heavy (non-hydrogen) atoms. The summed E-state index contributed by atoms with van der Waals surface area (Å²) in [4.78, 5) is 13.0. The Kier molecular flexibility index (Phi) is 3.93. The van der Waals surface area contributed by atoms with Gasteiger partial charge in [0.15, 0.2) is 0 Å². The maximum atomic E-state index is 11.4. The average Bonchev–Trinajstić information content (AvgIpc) is 2.55. The van der Waals surface area contributed by atoms with Gasteiger partial charge in [-0.2, -0.15) is 0 Å². The standard InChI is InChI=1S/C11H19NO2SSi/c1-5-7-8(6-13)15-9(11(12)14)10(7)16(2,3)4/h13H,5-6H2,1-4H3,(H2,12,14). The number of hydrogen-bond donors (Lipinski definition) is 2. The van der Waals surface area contributed by atoms with Crippen LogP contribution in [0.15, 0.2) is 0 Å². The van der Waals surface area contributed by atoms with Crippen LogP contribution < -0.4 is 10.9 Å². The molecule has 1 amide bonds. The van der Waals surface area contributed by atoms with E-state index in [-0.39, 0.29) is 12.5 Å². The number of carbonyl (C=O) groups is 1. The lowest BCUT2D eigenvalue weighted by atomic mass is 10.2. The molecule has 0 saturated heterocycles. The van der Waals surface area contributed by atoms with Crippen molar-refractivity contribution in [2.45, 2.75) is 39.6 Å². The summed E-state index contributed by atoms with van der Waals surface area (Å²) in [7, 11) is -1.60. The molecule has 0 spiro atoms. The van der Waals surface area contributed by atoms with Gasteiger partial charge in [0.2, 0.25) is 0 Å². The summed E-state index contributed by atoms with van der Waals surface area (Å²) < 4.78 is 0. The zero-order valence-corrected chi connectivity index (χ0v) is 12.1. The molecule has 0 unspecified atom stereocenters. The number of aliphatic hydroxyl groups is 1. The van der Waals surface area contributed by atoms with Gasteiger partial charge < -0.3 is 10.8 Å². The molecule has 0 radical (unpaired) electrons. The van der Waals surface area contributed by atoms with Crippen molar-refractivity contribution in [3.8, 4) is 0 Å². The van der Waals surface area contributed by atoms with Crippen molar-refractivity contribution in [1.82, 2.24) is 0 Å². The molecule has 90 valence electrons. The zero-order valence-electron chi connectivity index (χ0n) is 10.3. The van der Waals surface area contributed by atoms with Crippen LogP contribution >= 0.6 is 11.3 Å². The Balaban J connectivity index is 3.51. The molecule has 3 nitrogen and oxygen atoms in total. The van der Waals surface area contributed by atoms with Crippen LogP contribution in [0.4, 0.5) is 0 Å². The predicted molar refractivity (Wildman–Crippen MR) is 71.1 cm³/mol. The van der Waals surface area contributed by atoms with Gasteiger partial charge in [0.1, 0.15) is 0 Å². The van der Waals surface area contributed by atoms with Crippen LogP contribution in [0.2, 0.25) is 19.6 Å². The number of rotatable bonds is 4. The second-order valence-electron chi connectivity index (χ2n) is 4.83. The second-order valence-corrected chi connectivity index (χ2v) is 10.9. The first-order chi connectivity index (χ1) is 7.32. The van der Waals surface area contributed by atoms with Gasteiger partial charge >= 0.3 is 0 Å². The quantitative estimate of drug-likeness (QED) is 0.802. The molecule has 1 aromatic heterocycles. The first kappa shape index (κ1) is 13.4. The zero-order chi connectivity index (χ0) is 12.5. The van der Waals surface area contributed by atoms with Crippen LogP contribution in [-0.2, 0) is 13.0 Å². The van der Waals surface area contributed by atoms with Gasteiger partial charge in [0, 0.05) is 4.88 Å². The van der Waals surface area contributed by atoms with E-state index >= 15 is 0 Å². The van der Waals surface area contributed by atoms with Gasteiger partial charge in [-0.1, -0.05) is 26.6 Å². The fraction of sp³-hybridized carbons (Fsp3) is 0.545. The van der Waals surface area contributed by atoms with Gasteiger partial charge in [-0.25, -0.2) is 0 Å². The number of carbonyl (C=O) groups excluding carboxylic acids is 1. The smallest absolute Gasteiger partial charge is 0.258 e. The van der Waals surface area contributed by atoms with E-state index in [0.29, 0.717) is 4.88 Å². The van der Waals surface area contributed by atoms with Crippen molar-refractivity contribution in [3.63, 3.8) is 0 Å². The number of aliphatic hydroxyl groups excluding tert-OH is 1. The topological polar surface area (TPSA) is 63.3 Å². The SMILES string of the molecule is CCc1c(CO)sc(C(N)=O)c1[Si](C)(C)C. The summed E-state index contributed by atoms with van der Waals surface area (Å²) in [6.07, 6.45) is 0.847. The lowest BCUT2D eigenvalue weighted by molar-refractivity contribution is 0.100. The van der Waals surface area contributed by atoms with Crippen LogP contribution in [0.25, 0.3) is 0 Å². The summed E-state index contributed by atoms with van der Waals surface area (Å²) in [5, 5.41) is 10.4. The highest BCUT2D eigenvalue weighted by Gasteiger charge is 2.29. The van der Waals surface area contributed by atoms with Crippen LogP contribution in [0.3, 0.4) is 0 Å². The van der Waals surface area contributed by atoms with E-state index in [1.807, 2.05) is 0 Å². The van der Waals surface area contributed by atoms with Crippen molar-refractivity contribution in [2.75, 3.05) is 0 Å². The van der Waals surface area contributed by atoms with Crippen molar-refractivity contribution < 1.29 is 9.90 Å². The Morgan fingerprint density at radius 3 is 2.31 bits per heavy atom. The molecule has 1 rings (SSSR count). The van der Waals surface area contributed by atoms with Gasteiger partial charge in [0.25, 0.3) is 5.91 Å². The van der Waals surface area contributed by atoms with Crippen LogP contribution in [0.1, 0.15) is 27.0 Å². The molecule has 0 aromatic carbocycles. The Hall–Kier alpha value is -0.653. The molecule has 0 saturated carbocycles. The highest BCUT2D eigenvalue weighted by Crippen LogP contribution is 2.24. The van der Waals surface area contributed by atoms with Gasteiger partial charge in [0.05, 0.1) is 19.6 Å². The second kappa shape index (κ2) is 4.69. The molecule has 0 aliphatic rings. The third kappa shape index (κ3) is 2.36. The Morgan fingerprint density at radius 1 is 1.44 bits per heavy atom. The summed E-state index contributed by atoms with van der Waals surface area (Å²) in [6, 6.07) is 0. The highest BCUT2D eigenvalue weighted by atomic mass is 32.1. The molecule has 0 aliphatic carbocycles. The van der Waals surface area contributed by atoms with Crippen molar-refractivity contribution in [2.24, 2.45) is 5.73 Å². The highest BCUT2D eigenvalue weighted by molar-refractivity contribution is 7.16. The third-order valence-corrected chi connectivity index (χ3v) is 6.03. The number of hydrogen-bond acceptors (Lipinski definition) is 3. The Labute approximate surface area is 101 Å². The molecule has 1 heterocycles. The fourth-order valence-electron chi connectivity index (χ4n) is 1.98. The molecule has 0 bridgehead atoms. The number of thiophene rings is 1. The average molecular weight is 257 g/mol. The van der Waals surface area contributed by atoms with Crippen LogP contribution in [0, 0.1) is 0 Å². The Morgan fingerprint density at radius 2 is 2.00 bits per heavy atom. The van der Waals surface area contributed by atoms with E-state index in [2.05, 4.69) is 26.6 Å². The molecule has 0 atom stereocenters. The van der Waals surface area contributed by atoms with E-state index < -0.39 is 8.07 Å². The minimum absolute atomic E-state index is 0.00139. The van der Waals surface area contributed by atoms with Crippen molar-refractivity contribution in [3.05, 3.63) is 15.3 Å². The monoisotopic (exact) mass is 257 g/mol. The van der Waals surface area contributed by atoms with Gasteiger partial charge in [-0.15, -0.1) is 11.3 Å². The summed E-state index contributed by atoms with van der Waals surface area (Å²) in [5.41, 5.74) is 6.55. The third-order valence-electron chi connectivity index (χ3n) is 2.56. The minimum Gasteiger partial charge on any atom is -0.391 e. The normalized spacial score (nSPS) is 11.8. The van der Waals surface area contributed by atoms with E-state index in [1.165, 1.54) is 11.3 Å². The molecule has 0 fully saturated rings. The predicted octanol–water partition coefficient (Wildman–Crippen LogP) is 1.45. The van der Waals surface area contributed by atoms with Crippen LogP contribution in [-0.4, -0.2) is 19.1 Å². The van der Waals surface area contributed by atoms with Crippen molar-refractivity contribution >= 4 is 30.5 Å².